The fourth-order valence-electron chi connectivity index (χ4n) is 2.40. The molecule has 2 aromatic rings. The summed E-state index contributed by atoms with van der Waals surface area (Å²) in [5.74, 6) is 0. The minimum atomic E-state index is 0.926. The third-order valence-corrected chi connectivity index (χ3v) is 3.53. The van der Waals surface area contributed by atoms with Gasteiger partial charge in [-0.3, -0.25) is 0 Å². The van der Waals surface area contributed by atoms with E-state index in [-0.39, 0.29) is 0 Å². The Hall–Kier alpha value is -1.80. The molecule has 0 bridgehead atoms. The van der Waals surface area contributed by atoms with Gasteiger partial charge in [0, 0.05) is 25.3 Å². The monoisotopic (exact) mass is 268 g/mol. The average Bonchev–Trinajstić information content (AvgIpc) is 2.47. The summed E-state index contributed by atoms with van der Waals surface area (Å²) in [6.07, 6.45) is 0. The van der Waals surface area contributed by atoms with E-state index in [1.54, 1.807) is 0 Å². The van der Waals surface area contributed by atoms with E-state index >= 15 is 0 Å². The van der Waals surface area contributed by atoms with Gasteiger partial charge in [0.2, 0.25) is 0 Å². The fourth-order valence-corrected chi connectivity index (χ4v) is 2.40. The highest BCUT2D eigenvalue weighted by atomic mass is 15.1. The molecule has 2 rings (SSSR count). The van der Waals surface area contributed by atoms with E-state index in [9.17, 15) is 0 Å². The zero-order valence-corrected chi connectivity index (χ0v) is 12.7. The molecule has 0 spiro atoms. The quantitative estimate of drug-likeness (QED) is 0.858. The van der Waals surface area contributed by atoms with Gasteiger partial charge in [0.15, 0.2) is 0 Å². The van der Waals surface area contributed by atoms with Crippen LogP contribution in [0.5, 0.6) is 0 Å². The molecule has 0 amide bonds. The summed E-state index contributed by atoms with van der Waals surface area (Å²) in [6, 6.07) is 17.6. The molecule has 0 saturated heterocycles. The van der Waals surface area contributed by atoms with Crippen molar-refractivity contribution in [2.45, 2.75) is 26.9 Å². The number of anilines is 1. The topological polar surface area (TPSA) is 15.3 Å². The Bertz CT molecular complexity index is 531. The van der Waals surface area contributed by atoms with Crippen LogP contribution in [0.1, 0.15) is 23.6 Å². The van der Waals surface area contributed by atoms with Gasteiger partial charge in [-0.05, 0) is 49.7 Å². The Morgan fingerprint density at radius 2 is 1.70 bits per heavy atom. The molecular formula is C18H24N2. The lowest BCUT2D eigenvalue weighted by molar-refractivity contribution is 0.811. The van der Waals surface area contributed by atoms with Gasteiger partial charge in [-0.25, -0.2) is 0 Å². The van der Waals surface area contributed by atoms with Crippen LogP contribution >= 0.6 is 0 Å². The molecule has 0 aromatic heterocycles. The molecule has 0 aliphatic heterocycles. The molecule has 0 heterocycles. The van der Waals surface area contributed by atoms with E-state index in [1.807, 2.05) is 7.05 Å². The van der Waals surface area contributed by atoms with E-state index in [2.05, 4.69) is 72.6 Å². The zero-order chi connectivity index (χ0) is 14.4. The van der Waals surface area contributed by atoms with Crippen molar-refractivity contribution in [3.63, 3.8) is 0 Å². The van der Waals surface area contributed by atoms with E-state index in [4.69, 9.17) is 0 Å². The number of rotatable bonds is 6. The SMILES string of the molecule is CCN(Cc1ccc(CNC)cc1)c1cccc(C)c1. The summed E-state index contributed by atoms with van der Waals surface area (Å²) in [5.41, 5.74) is 5.29. The van der Waals surface area contributed by atoms with Crippen molar-refractivity contribution < 1.29 is 0 Å². The van der Waals surface area contributed by atoms with Gasteiger partial charge in [-0.1, -0.05) is 36.4 Å². The summed E-state index contributed by atoms with van der Waals surface area (Å²) < 4.78 is 0. The van der Waals surface area contributed by atoms with Gasteiger partial charge in [-0.15, -0.1) is 0 Å². The third kappa shape index (κ3) is 3.84. The van der Waals surface area contributed by atoms with Crippen LogP contribution in [0.25, 0.3) is 0 Å². The Morgan fingerprint density at radius 3 is 2.30 bits per heavy atom. The normalized spacial score (nSPS) is 10.6. The predicted octanol–water partition coefficient (Wildman–Crippen LogP) is 3.74. The minimum absolute atomic E-state index is 0.926. The van der Waals surface area contributed by atoms with Crippen LogP contribution in [-0.2, 0) is 13.1 Å². The predicted molar refractivity (Wildman–Crippen MR) is 87.1 cm³/mol. The van der Waals surface area contributed by atoms with Gasteiger partial charge in [0.25, 0.3) is 0 Å². The van der Waals surface area contributed by atoms with Gasteiger partial charge in [0.1, 0.15) is 0 Å². The van der Waals surface area contributed by atoms with Crippen molar-refractivity contribution in [1.82, 2.24) is 5.32 Å². The molecule has 1 N–H and O–H groups in total. The molecule has 2 heteroatoms. The summed E-state index contributed by atoms with van der Waals surface area (Å²) in [4.78, 5) is 2.40. The minimum Gasteiger partial charge on any atom is -0.367 e. The summed E-state index contributed by atoms with van der Waals surface area (Å²) >= 11 is 0. The van der Waals surface area contributed by atoms with Crippen molar-refractivity contribution in [3.05, 3.63) is 65.2 Å². The van der Waals surface area contributed by atoms with Gasteiger partial charge >= 0.3 is 0 Å². The first-order valence-electron chi connectivity index (χ1n) is 7.27. The van der Waals surface area contributed by atoms with Crippen molar-refractivity contribution in [2.75, 3.05) is 18.5 Å². The lowest BCUT2D eigenvalue weighted by atomic mass is 10.1. The van der Waals surface area contributed by atoms with Crippen molar-refractivity contribution >= 4 is 5.69 Å². The Morgan fingerprint density at radius 1 is 1.00 bits per heavy atom. The standard InChI is InChI=1S/C18H24N2/c1-4-20(18-7-5-6-15(2)12-18)14-17-10-8-16(9-11-17)13-19-3/h5-12,19H,4,13-14H2,1-3H3. The number of hydrogen-bond acceptors (Lipinski definition) is 2. The lowest BCUT2D eigenvalue weighted by Crippen LogP contribution is -2.22. The Labute approximate surface area is 122 Å². The van der Waals surface area contributed by atoms with Gasteiger partial charge in [0.05, 0.1) is 0 Å². The number of nitrogens with zero attached hydrogens (tertiary/aromatic N) is 1. The second-order valence-electron chi connectivity index (χ2n) is 5.20. The van der Waals surface area contributed by atoms with Gasteiger partial charge < -0.3 is 10.2 Å². The highest BCUT2D eigenvalue weighted by Gasteiger charge is 2.05. The Kier molecular flexibility index (Phi) is 5.19. The first-order valence-corrected chi connectivity index (χ1v) is 7.27. The molecule has 20 heavy (non-hydrogen) atoms. The average molecular weight is 268 g/mol. The highest BCUT2D eigenvalue weighted by molar-refractivity contribution is 5.48. The van der Waals surface area contributed by atoms with E-state index in [1.165, 1.54) is 22.4 Å². The molecule has 0 atom stereocenters. The molecular weight excluding hydrogens is 244 g/mol. The summed E-state index contributed by atoms with van der Waals surface area (Å²) in [7, 11) is 1.98. The number of nitrogens with one attached hydrogen (secondary N) is 1. The molecule has 2 nitrogen and oxygen atoms in total. The molecule has 0 fully saturated rings. The second-order valence-corrected chi connectivity index (χ2v) is 5.20. The summed E-state index contributed by atoms with van der Waals surface area (Å²) in [5, 5.41) is 3.18. The lowest BCUT2D eigenvalue weighted by Gasteiger charge is -2.23. The first kappa shape index (κ1) is 14.6. The molecule has 0 radical (unpaired) electrons. The van der Waals surface area contributed by atoms with Gasteiger partial charge in [-0.2, -0.15) is 0 Å². The van der Waals surface area contributed by atoms with Crippen LogP contribution in [0.2, 0.25) is 0 Å². The molecule has 0 unspecified atom stereocenters. The van der Waals surface area contributed by atoms with Crippen LogP contribution in [0.4, 0.5) is 5.69 Å². The van der Waals surface area contributed by atoms with E-state index in [0.717, 1.165) is 19.6 Å². The van der Waals surface area contributed by atoms with Crippen LogP contribution in [0.3, 0.4) is 0 Å². The molecule has 0 saturated carbocycles. The largest absolute Gasteiger partial charge is 0.367 e. The van der Waals surface area contributed by atoms with Crippen molar-refractivity contribution in [3.8, 4) is 0 Å². The molecule has 106 valence electrons. The van der Waals surface area contributed by atoms with E-state index < -0.39 is 0 Å². The van der Waals surface area contributed by atoms with Crippen LogP contribution < -0.4 is 10.2 Å². The number of benzene rings is 2. The molecule has 2 aromatic carbocycles. The van der Waals surface area contributed by atoms with Crippen molar-refractivity contribution in [2.24, 2.45) is 0 Å². The molecule has 0 aliphatic rings. The maximum atomic E-state index is 3.18. The number of hydrogen-bond donors (Lipinski definition) is 1. The Balaban J connectivity index is 2.09. The number of aryl methyl sites for hydroxylation is 1. The highest BCUT2D eigenvalue weighted by Crippen LogP contribution is 2.18. The second kappa shape index (κ2) is 7.11. The van der Waals surface area contributed by atoms with Crippen LogP contribution in [0.15, 0.2) is 48.5 Å². The molecule has 0 aliphatic carbocycles. The zero-order valence-electron chi connectivity index (χ0n) is 12.7. The van der Waals surface area contributed by atoms with Crippen LogP contribution in [-0.4, -0.2) is 13.6 Å². The smallest absolute Gasteiger partial charge is 0.0429 e. The van der Waals surface area contributed by atoms with E-state index in [0.29, 0.717) is 0 Å². The maximum absolute atomic E-state index is 3.18. The maximum Gasteiger partial charge on any atom is 0.0429 e. The third-order valence-electron chi connectivity index (χ3n) is 3.53. The first-order chi connectivity index (χ1) is 9.72. The van der Waals surface area contributed by atoms with Crippen LogP contribution in [0, 0.1) is 6.92 Å². The fraction of sp³-hybridized carbons (Fsp3) is 0.333. The van der Waals surface area contributed by atoms with Crippen molar-refractivity contribution in [1.29, 1.82) is 0 Å². The summed E-state index contributed by atoms with van der Waals surface area (Å²) in [6.45, 7) is 7.25.